The SMILES string of the molecule is O=C(NCCCN1CCCCC1)[C@@H]1CSC(Cc2ccccc2)=N1. The Hall–Kier alpha value is -1.33. The molecule has 24 heavy (non-hydrogen) atoms. The Kier molecular flexibility index (Phi) is 6.73. The molecule has 3 rings (SSSR count). The van der Waals surface area contributed by atoms with Gasteiger partial charge in [-0.05, 0) is 44.5 Å². The first-order valence-corrected chi connectivity index (χ1v) is 10.0. The van der Waals surface area contributed by atoms with Gasteiger partial charge >= 0.3 is 0 Å². The van der Waals surface area contributed by atoms with Crippen LogP contribution in [0.15, 0.2) is 35.3 Å². The summed E-state index contributed by atoms with van der Waals surface area (Å²) in [6.45, 7) is 4.31. The first kappa shape index (κ1) is 17.5. The minimum Gasteiger partial charge on any atom is -0.354 e. The maximum absolute atomic E-state index is 12.2. The number of benzene rings is 1. The number of nitrogens with zero attached hydrogens (tertiary/aromatic N) is 2. The van der Waals surface area contributed by atoms with Crippen molar-refractivity contribution < 1.29 is 4.79 Å². The fourth-order valence-electron chi connectivity index (χ4n) is 3.24. The van der Waals surface area contributed by atoms with E-state index in [4.69, 9.17) is 0 Å². The molecular formula is C19H27N3OS. The molecule has 1 aromatic carbocycles. The van der Waals surface area contributed by atoms with Crippen LogP contribution < -0.4 is 5.32 Å². The molecule has 0 aromatic heterocycles. The number of amides is 1. The van der Waals surface area contributed by atoms with E-state index in [1.807, 2.05) is 18.2 Å². The highest BCUT2D eigenvalue weighted by atomic mass is 32.2. The lowest BCUT2D eigenvalue weighted by molar-refractivity contribution is -0.121. The van der Waals surface area contributed by atoms with E-state index >= 15 is 0 Å². The van der Waals surface area contributed by atoms with Gasteiger partial charge in [0.25, 0.3) is 0 Å². The number of hydrogen-bond acceptors (Lipinski definition) is 4. The normalized spacial score (nSPS) is 21.5. The van der Waals surface area contributed by atoms with Crippen molar-refractivity contribution in [1.29, 1.82) is 0 Å². The molecule has 1 aromatic rings. The molecule has 0 bridgehead atoms. The van der Waals surface area contributed by atoms with Crippen LogP contribution >= 0.6 is 11.8 Å². The van der Waals surface area contributed by atoms with Crippen molar-refractivity contribution in [3.05, 3.63) is 35.9 Å². The van der Waals surface area contributed by atoms with Crippen molar-refractivity contribution in [3.8, 4) is 0 Å². The number of aliphatic imine (C=N–C) groups is 1. The Morgan fingerprint density at radius 1 is 1.21 bits per heavy atom. The Morgan fingerprint density at radius 3 is 2.79 bits per heavy atom. The maximum Gasteiger partial charge on any atom is 0.245 e. The minimum absolute atomic E-state index is 0.0872. The molecular weight excluding hydrogens is 318 g/mol. The average Bonchev–Trinajstić information content (AvgIpc) is 3.09. The monoisotopic (exact) mass is 345 g/mol. The molecule has 5 heteroatoms. The quantitative estimate of drug-likeness (QED) is 0.773. The van der Waals surface area contributed by atoms with Crippen LogP contribution in [-0.4, -0.2) is 53.8 Å². The Labute approximate surface area is 149 Å². The third kappa shape index (κ3) is 5.35. The van der Waals surface area contributed by atoms with E-state index in [2.05, 4.69) is 27.3 Å². The summed E-state index contributed by atoms with van der Waals surface area (Å²) in [5.41, 5.74) is 1.26. The van der Waals surface area contributed by atoms with Gasteiger partial charge in [0.05, 0.1) is 5.04 Å². The number of rotatable bonds is 7. The second-order valence-corrected chi connectivity index (χ2v) is 7.65. The Bertz CT molecular complexity index is 555. The van der Waals surface area contributed by atoms with Crippen LogP contribution in [0.1, 0.15) is 31.2 Å². The number of carbonyl (C=O) groups is 1. The summed E-state index contributed by atoms with van der Waals surface area (Å²) < 4.78 is 0. The summed E-state index contributed by atoms with van der Waals surface area (Å²) in [7, 11) is 0. The molecule has 1 atom stereocenters. The highest BCUT2D eigenvalue weighted by Gasteiger charge is 2.24. The molecule has 2 heterocycles. The standard InChI is InChI=1S/C19H27N3OS/c23-19(20-10-7-13-22-11-5-2-6-12-22)17-15-24-18(21-17)14-16-8-3-1-4-9-16/h1,3-4,8-9,17H,2,5-7,10-15H2,(H,20,23)/t17-/m0/s1. The van der Waals surface area contributed by atoms with E-state index in [0.717, 1.165) is 36.7 Å². The van der Waals surface area contributed by atoms with E-state index in [1.165, 1.54) is 37.9 Å². The van der Waals surface area contributed by atoms with Crippen LogP contribution in [0.4, 0.5) is 0 Å². The molecule has 2 aliphatic rings. The predicted molar refractivity (Wildman–Crippen MR) is 102 cm³/mol. The zero-order valence-electron chi connectivity index (χ0n) is 14.2. The van der Waals surface area contributed by atoms with E-state index in [0.29, 0.717) is 0 Å². The summed E-state index contributed by atoms with van der Waals surface area (Å²) in [5.74, 6) is 0.865. The highest BCUT2D eigenvalue weighted by Crippen LogP contribution is 2.21. The topological polar surface area (TPSA) is 44.7 Å². The molecule has 1 saturated heterocycles. The number of nitrogens with one attached hydrogen (secondary N) is 1. The zero-order chi connectivity index (χ0) is 16.6. The number of thioether (sulfide) groups is 1. The second-order valence-electron chi connectivity index (χ2n) is 6.56. The minimum atomic E-state index is -0.205. The number of hydrogen-bond donors (Lipinski definition) is 1. The van der Waals surface area contributed by atoms with Gasteiger partial charge in [0.1, 0.15) is 6.04 Å². The van der Waals surface area contributed by atoms with Crippen molar-refractivity contribution >= 4 is 22.7 Å². The van der Waals surface area contributed by atoms with Gasteiger partial charge in [0, 0.05) is 18.7 Å². The summed E-state index contributed by atoms with van der Waals surface area (Å²) in [6.07, 6.45) is 5.89. The summed E-state index contributed by atoms with van der Waals surface area (Å²) in [6, 6.07) is 10.1. The van der Waals surface area contributed by atoms with Crippen molar-refractivity contribution in [2.45, 2.75) is 38.1 Å². The first-order valence-electron chi connectivity index (χ1n) is 9.05. The smallest absolute Gasteiger partial charge is 0.245 e. The Morgan fingerprint density at radius 2 is 2.00 bits per heavy atom. The largest absolute Gasteiger partial charge is 0.354 e. The van der Waals surface area contributed by atoms with Gasteiger partial charge in [0.15, 0.2) is 0 Å². The average molecular weight is 346 g/mol. The maximum atomic E-state index is 12.2. The van der Waals surface area contributed by atoms with Crippen LogP contribution in [0.2, 0.25) is 0 Å². The van der Waals surface area contributed by atoms with Crippen molar-refractivity contribution in [1.82, 2.24) is 10.2 Å². The molecule has 0 radical (unpaired) electrons. The summed E-state index contributed by atoms with van der Waals surface area (Å²) >= 11 is 1.72. The van der Waals surface area contributed by atoms with Crippen LogP contribution in [0.5, 0.6) is 0 Å². The zero-order valence-corrected chi connectivity index (χ0v) is 15.1. The fraction of sp³-hybridized carbons (Fsp3) is 0.579. The van der Waals surface area contributed by atoms with Crippen molar-refractivity contribution in [3.63, 3.8) is 0 Å². The number of piperidine rings is 1. The molecule has 0 spiro atoms. The molecule has 1 fully saturated rings. The second kappa shape index (κ2) is 9.23. The molecule has 4 nitrogen and oxygen atoms in total. The lowest BCUT2D eigenvalue weighted by atomic mass is 10.1. The lowest BCUT2D eigenvalue weighted by Crippen LogP contribution is -2.37. The molecule has 1 N–H and O–H groups in total. The number of likely N-dealkylation sites (tertiary alicyclic amines) is 1. The van der Waals surface area contributed by atoms with Gasteiger partial charge in [-0.15, -0.1) is 11.8 Å². The van der Waals surface area contributed by atoms with Crippen LogP contribution in [0.25, 0.3) is 0 Å². The van der Waals surface area contributed by atoms with E-state index in [9.17, 15) is 4.79 Å². The van der Waals surface area contributed by atoms with Gasteiger partial charge in [-0.2, -0.15) is 0 Å². The predicted octanol–water partition coefficient (Wildman–Crippen LogP) is 2.74. The molecule has 0 saturated carbocycles. The van der Waals surface area contributed by atoms with Gasteiger partial charge in [-0.25, -0.2) is 0 Å². The molecule has 0 unspecified atom stereocenters. The molecule has 130 valence electrons. The van der Waals surface area contributed by atoms with Gasteiger partial charge in [-0.3, -0.25) is 9.79 Å². The van der Waals surface area contributed by atoms with Gasteiger partial charge in [0.2, 0.25) is 5.91 Å². The fourth-order valence-corrected chi connectivity index (χ4v) is 4.29. The van der Waals surface area contributed by atoms with Gasteiger partial charge in [-0.1, -0.05) is 36.8 Å². The summed E-state index contributed by atoms with van der Waals surface area (Å²) in [4.78, 5) is 19.4. The first-order chi connectivity index (χ1) is 11.8. The lowest BCUT2D eigenvalue weighted by Gasteiger charge is -2.26. The highest BCUT2D eigenvalue weighted by molar-refractivity contribution is 8.14. The molecule has 0 aliphatic carbocycles. The van der Waals surface area contributed by atoms with Crippen molar-refractivity contribution in [2.24, 2.45) is 4.99 Å². The molecule has 1 amide bonds. The van der Waals surface area contributed by atoms with E-state index in [-0.39, 0.29) is 11.9 Å². The van der Waals surface area contributed by atoms with Crippen molar-refractivity contribution in [2.75, 3.05) is 31.9 Å². The van der Waals surface area contributed by atoms with Crippen LogP contribution in [-0.2, 0) is 11.2 Å². The third-order valence-corrected chi connectivity index (χ3v) is 5.67. The summed E-state index contributed by atoms with van der Waals surface area (Å²) in [5, 5.41) is 4.14. The Balaban J connectivity index is 1.36. The van der Waals surface area contributed by atoms with Gasteiger partial charge < -0.3 is 10.2 Å². The third-order valence-electron chi connectivity index (χ3n) is 4.61. The van der Waals surface area contributed by atoms with E-state index < -0.39 is 0 Å². The van der Waals surface area contributed by atoms with Crippen LogP contribution in [0, 0.1) is 0 Å². The van der Waals surface area contributed by atoms with Crippen LogP contribution in [0.3, 0.4) is 0 Å². The van der Waals surface area contributed by atoms with E-state index in [1.54, 1.807) is 11.8 Å². The molecule has 2 aliphatic heterocycles. The number of carbonyl (C=O) groups excluding carboxylic acids is 1.